The van der Waals surface area contributed by atoms with Crippen LogP contribution >= 0.6 is 11.6 Å². The van der Waals surface area contributed by atoms with Crippen LogP contribution < -0.4 is 0 Å². The van der Waals surface area contributed by atoms with E-state index in [9.17, 15) is 9.50 Å². The largest absolute Gasteiger partial charge is 0.508 e. The van der Waals surface area contributed by atoms with Crippen LogP contribution in [0.25, 0.3) is 11.1 Å². The lowest BCUT2D eigenvalue weighted by atomic mass is 10.0. The highest BCUT2D eigenvalue weighted by Gasteiger charge is 2.10. The van der Waals surface area contributed by atoms with Gasteiger partial charge in [0, 0.05) is 10.6 Å². The van der Waals surface area contributed by atoms with Gasteiger partial charge in [0.2, 0.25) is 0 Å². The van der Waals surface area contributed by atoms with Crippen molar-refractivity contribution in [2.45, 2.75) is 0 Å². The molecule has 0 saturated carbocycles. The second-order valence-corrected chi connectivity index (χ2v) is 3.91. The molecule has 2 nitrogen and oxygen atoms in total. The molecule has 2 rings (SSSR count). The summed E-state index contributed by atoms with van der Waals surface area (Å²) in [5.41, 5.74) is 0.633. The lowest BCUT2D eigenvalue weighted by molar-refractivity contribution is 0.475. The van der Waals surface area contributed by atoms with Crippen molar-refractivity contribution in [1.29, 1.82) is 5.26 Å². The van der Waals surface area contributed by atoms with E-state index in [1.165, 1.54) is 30.3 Å². The zero-order valence-electron chi connectivity index (χ0n) is 8.61. The molecule has 0 spiro atoms. The van der Waals surface area contributed by atoms with Crippen LogP contribution in [0.4, 0.5) is 4.39 Å². The van der Waals surface area contributed by atoms with Gasteiger partial charge in [-0.3, -0.25) is 0 Å². The maximum Gasteiger partial charge on any atom is 0.148 e. The smallest absolute Gasteiger partial charge is 0.148 e. The van der Waals surface area contributed by atoms with Crippen molar-refractivity contribution in [2.24, 2.45) is 0 Å². The Balaban J connectivity index is 2.65. The molecular weight excluding hydrogens is 241 g/mol. The Labute approximate surface area is 103 Å². The van der Waals surface area contributed by atoms with Gasteiger partial charge in [0.1, 0.15) is 17.6 Å². The Hall–Kier alpha value is -2.05. The molecule has 17 heavy (non-hydrogen) atoms. The summed E-state index contributed by atoms with van der Waals surface area (Å²) >= 11 is 5.78. The van der Waals surface area contributed by atoms with Gasteiger partial charge in [-0.25, -0.2) is 4.39 Å². The Morgan fingerprint density at radius 3 is 2.65 bits per heavy atom. The number of halogens is 2. The third kappa shape index (κ3) is 2.22. The van der Waals surface area contributed by atoms with Crippen LogP contribution in [0, 0.1) is 17.1 Å². The summed E-state index contributed by atoms with van der Waals surface area (Å²) in [6.45, 7) is 0. The van der Waals surface area contributed by atoms with Crippen LogP contribution in [-0.4, -0.2) is 5.11 Å². The van der Waals surface area contributed by atoms with E-state index in [0.29, 0.717) is 10.6 Å². The third-order valence-electron chi connectivity index (χ3n) is 2.31. The molecule has 0 aromatic heterocycles. The fourth-order valence-electron chi connectivity index (χ4n) is 1.57. The Morgan fingerprint density at radius 2 is 2.00 bits per heavy atom. The highest BCUT2D eigenvalue weighted by molar-refractivity contribution is 6.31. The zero-order chi connectivity index (χ0) is 12.4. The summed E-state index contributed by atoms with van der Waals surface area (Å²) in [6.07, 6.45) is 0. The Morgan fingerprint density at radius 1 is 1.24 bits per heavy atom. The van der Waals surface area contributed by atoms with Crippen LogP contribution in [0.5, 0.6) is 5.75 Å². The number of hydrogen-bond acceptors (Lipinski definition) is 2. The van der Waals surface area contributed by atoms with E-state index in [1.807, 2.05) is 0 Å². The first-order valence-corrected chi connectivity index (χ1v) is 5.18. The molecule has 0 aliphatic carbocycles. The SMILES string of the molecule is N#Cc1cccc(-c2cc(O)cc(Cl)c2)c1F. The van der Waals surface area contributed by atoms with E-state index >= 15 is 0 Å². The van der Waals surface area contributed by atoms with E-state index in [-0.39, 0.29) is 16.9 Å². The molecule has 0 aliphatic rings. The van der Waals surface area contributed by atoms with E-state index < -0.39 is 5.82 Å². The van der Waals surface area contributed by atoms with Crippen molar-refractivity contribution in [3.8, 4) is 22.9 Å². The lowest BCUT2D eigenvalue weighted by Gasteiger charge is -2.06. The summed E-state index contributed by atoms with van der Waals surface area (Å²) in [6, 6.07) is 10.5. The van der Waals surface area contributed by atoms with Gasteiger partial charge in [-0.1, -0.05) is 23.7 Å². The summed E-state index contributed by atoms with van der Waals surface area (Å²) in [5, 5.41) is 18.4. The second kappa shape index (κ2) is 4.44. The number of benzene rings is 2. The van der Waals surface area contributed by atoms with Crippen molar-refractivity contribution in [2.75, 3.05) is 0 Å². The quantitative estimate of drug-likeness (QED) is 0.835. The molecule has 0 atom stereocenters. The molecule has 0 heterocycles. The maximum atomic E-state index is 13.9. The van der Waals surface area contributed by atoms with E-state index in [0.717, 1.165) is 0 Å². The van der Waals surface area contributed by atoms with Gasteiger partial charge in [-0.2, -0.15) is 5.26 Å². The molecule has 2 aromatic carbocycles. The number of aromatic hydroxyl groups is 1. The van der Waals surface area contributed by atoms with Crippen LogP contribution in [0.1, 0.15) is 5.56 Å². The van der Waals surface area contributed by atoms with Gasteiger partial charge in [-0.15, -0.1) is 0 Å². The normalized spacial score (nSPS) is 9.94. The number of phenols is 1. The average Bonchev–Trinajstić information content (AvgIpc) is 2.28. The molecule has 2 aromatic rings. The number of hydrogen-bond donors (Lipinski definition) is 1. The molecular formula is C13H7ClFNO. The molecule has 84 valence electrons. The molecule has 4 heteroatoms. The maximum absolute atomic E-state index is 13.9. The molecule has 0 unspecified atom stereocenters. The summed E-state index contributed by atoms with van der Waals surface area (Å²) in [4.78, 5) is 0. The molecule has 0 saturated heterocycles. The van der Waals surface area contributed by atoms with Crippen molar-refractivity contribution >= 4 is 11.6 Å². The van der Waals surface area contributed by atoms with Crippen molar-refractivity contribution in [1.82, 2.24) is 0 Å². The first kappa shape index (κ1) is 11.4. The van der Waals surface area contributed by atoms with Crippen LogP contribution in [0.2, 0.25) is 5.02 Å². The van der Waals surface area contributed by atoms with Crippen LogP contribution in [0.15, 0.2) is 36.4 Å². The zero-order valence-corrected chi connectivity index (χ0v) is 9.37. The van der Waals surface area contributed by atoms with Gasteiger partial charge in [0.25, 0.3) is 0 Å². The van der Waals surface area contributed by atoms with Gasteiger partial charge < -0.3 is 5.11 Å². The van der Waals surface area contributed by atoms with Gasteiger partial charge in [-0.05, 0) is 29.8 Å². The van der Waals surface area contributed by atoms with Crippen molar-refractivity contribution in [3.05, 3.63) is 52.8 Å². The molecule has 0 fully saturated rings. The first-order valence-electron chi connectivity index (χ1n) is 4.80. The predicted molar refractivity (Wildman–Crippen MR) is 63.2 cm³/mol. The fourth-order valence-corrected chi connectivity index (χ4v) is 1.80. The molecule has 0 amide bonds. The van der Waals surface area contributed by atoms with Crippen LogP contribution in [0.3, 0.4) is 0 Å². The third-order valence-corrected chi connectivity index (χ3v) is 2.53. The molecule has 0 radical (unpaired) electrons. The van der Waals surface area contributed by atoms with Crippen molar-refractivity contribution in [3.63, 3.8) is 0 Å². The monoisotopic (exact) mass is 247 g/mol. The van der Waals surface area contributed by atoms with Crippen LogP contribution in [-0.2, 0) is 0 Å². The lowest BCUT2D eigenvalue weighted by Crippen LogP contribution is -1.89. The Bertz CT molecular complexity index is 599. The van der Waals surface area contributed by atoms with Gasteiger partial charge >= 0.3 is 0 Å². The predicted octanol–water partition coefficient (Wildman–Crippen LogP) is 3.72. The number of nitrogens with zero attached hydrogens (tertiary/aromatic N) is 1. The summed E-state index contributed by atoms with van der Waals surface area (Å²) < 4.78 is 13.9. The van der Waals surface area contributed by atoms with E-state index in [4.69, 9.17) is 16.9 Å². The minimum Gasteiger partial charge on any atom is -0.508 e. The highest BCUT2D eigenvalue weighted by Crippen LogP contribution is 2.30. The minimum absolute atomic E-state index is 0.0398. The van der Waals surface area contributed by atoms with Crippen molar-refractivity contribution < 1.29 is 9.50 Å². The molecule has 0 bridgehead atoms. The molecule has 0 aliphatic heterocycles. The molecule has 1 N–H and O–H groups in total. The number of phenolic OH excluding ortho intramolecular Hbond substituents is 1. The summed E-state index contributed by atoms with van der Waals surface area (Å²) in [5.74, 6) is -0.661. The number of nitriles is 1. The topological polar surface area (TPSA) is 44.0 Å². The summed E-state index contributed by atoms with van der Waals surface area (Å²) in [7, 11) is 0. The number of rotatable bonds is 1. The highest BCUT2D eigenvalue weighted by atomic mass is 35.5. The Kier molecular flexibility index (Phi) is 2.99. The average molecular weight is 248 g/mol. The first-order chi connectivity index (χ1) is 8.11. The van der Waals surface area contributed by atoms with E-state index in [1.54, 1.807) is 12.1 Å². The van der Waals surface area contributed by atoms with Gasteiger partial charge in [0.05, 0.1) is 5.56 Å². The van der Waals surface area contributed by atoms with Gasteiger partial charge in [0.15, 0.2) is 0 Å². The minimum atomic E-state index is -0.614. The van der Waals surface area contributed by atoms with E-state index in [2.05, 4.69) is 0 Å². The second-order valence-electron chi connectivity index (χ2n) is 3.48. The fraction of sp³-hybridized carbons (Fsp3) is 0. The standard InChI is InChI=1S/C13H7ClFNO/c14-10-4-9(5-11(17)6-10)12-3-1-2-8(7-16)13(12)15/h1-6,17H.